The Morgan fingerprint density at radius 3 is 1.91 bits per heavy atom. The third-order valence-electron chi connectivity index (χ3n) is 1.31. The summed E-state index contributed by atoms with van der Waals surface area (Å²) in [4.78, 5) is 0. The van der Waals surface area contributed by atoms with Crippen LogP contribution in [0.5, 0.6) is 0 Å². The van der Waals surface area contributed by atoms with Crippen molar-refractivity contribution in [1.29, 1.82) is 0 Å². The number of nitrogens with two attached hydrogens (primary N) is 1. The van der Waals surface area contributed by atoms with Gasteiger partial charge in [0.25, 0.3) is 0 Å². The molecule has 0 heterocycles. The summed E-state index contributed by atoms with van der Waals surface area (Å²) in [6.07, 6.45) is 0. The van der Waals surface area contributed by atoms with E-state index < -0.39 is 0 Å². The maximum atomic E-state index is 3.78. The van der Waals surface area contributed by atoms with Gasteiger partial charge in [-0.2, -0.15) is 0 Å². The number of rotatable bonds is 1. The zero-order valence-corrected chi connectivity index (χ0v) is 7.86. The molecule has 0 radical (unpaired) electrons. The number of halogens is 2. The Morgan fingerprint density at radius 2 is 1.55 bits per heavy atom. The first-order valence-electron chi connectivity index (χ1n) is 3.04. The molecule has 0 spiro atoms. The maximum absolute atomic E-state index is 3.78. The molecule has 0 aliphatic rings. The van der Waals surface area contributed by atoms with E-state index in [1.165, 1.54) is 5.69 Å². The second-order valence-corrected chi connectivity index (χ2v) is 2.03. The lowest BCUT2D eigenvalue weighted by atomic mass is 10.3. The molecule has 0 amide bonds. The Balaban J connectivity index is 0. The zero-order chi connectivity index (χ0) is 6.69. The number of hydrogen-bond acceptors (Lipinski definition) is 0. The molecule has 4 heteroatoms. The van der Waals surface area contributed by atoms with Crippen molar-refractivity contribution in [2.75, 3.05) is 7.05 Å². The van der Waals surface area contributed by atoms with E-state index >= 15 is 0 Å². The summed E-state index contributed by atoms with van der Waals surface area (Å²) in [6, 6.07) is 8.13. The van der Waals surface area contributed by atoms with Gasteiger partial charge in [0.05, 0.1) is 7.05 Å². The van der Waals surface area contributed by atoms with Crippen LogP contribution in [0.1, 0.15) is 0 Å². The van der Waals surface area contributed by atoms with E-state index in [4.69, 9.17) is 0 Å². The van der Waals surface area contributed by atoms with Crippen LogP contribution >= 0.6 is 0 Å². The summed E-state index contributed by atoms with van der Waals surface area (Å²) < 4.78 is 0. The summed E-state index contributed by atoms with van der Waals surface area (Å²) in [5, 5.41) is 2.07. The van der Waals surface area contributed by atoms with Gasteiger partial charge >= 0.3 is 0 Å². The van der Waals surface area contributed by atoms with E-state index in [1.807, 2.05) is 19.2 Å². The first-order valence-corrected chi connectivity index (χ1v) is 3.04. The molecule has 1 aromatic rings. The molecule has 2 nitrogen and oxygen atoms in total. The highest BCUT2D eigenvalue weighted by Gasteiger charge is 1.90. The van der Waals surface area contributed by atoms with Gasteiger partial charge in [-0.05, 0) is 0 Å². The van der Waals surface area contributed by atoms with Crippen molar-refractivity contribution < 1.29 is 35.9 Å². The highest BCUT2D eigenvalue weighted by molar-refractivity contribution is 5.37. The fourth-order valence-corrected chi connectivity index (χ4v) is 0.710. The van der Waals surface area contributed by atoms with E-state index in [1.54, 1.807) is 0 Å². The molecule has 64 valence electrons. The van der Waals surface area contributed by atoms with Crippen LogP contribution < -0.4 is 35.9 Å². The minimum absolute atomic E-state index is 0. The van der Waals surface area contributed by atoms with Crippen LogP contribution in [-0.4, -0.2) is 7.05 Å². The van der Waals surface area contributed by atoms with Crippen LogP contribution in [0.3, 0.4) is 0 Å². The molecule has 0 saturated carbocycles. The molecular weight excluding hydrogens is 183 g/mol. The minimum atomic E-state index is 0. The van der Waals surface area contributed by atoms with Crippen LogP contribution in [0, 0.1) is 0 Å². The third kappa shape index (κ3) is 4.22. The summed E-state index contributed by atoms with van der Waals surface area (Å²) in [6.45, 7) is 0. The Bertz CT molecular complexity index is 186. The Kier molecular flexibility index (Phi) is 7.79. The number of quaternary nitrogens is 2. The number of hydrogen-bond donors (Lipinski definition) is 2. The summed E-state index contributed by atoms with van der Waals surface area (Å²) in [5.41, 5.74) is 6.10. The summed E-state index contributed by atoms with van der Waals surface area (Å²) >= 11 is 0. The van der Waals surface area contributed by atoms with Crippen molar-refractivity contribution in [2.24, 2.45) is 0 Å². The molecule has 11 heavy (non-hydrogen) atoms. The fraction of sp³-hybridized carbons (Fsp3) is 0.143. The largest absolute Gasteiger partial charge is 1.00 e. The molecule has 0 atom stereocenters. The van der Waals surface area contributed by atoms with Gasteiger partial charge in [0.2, 0.25) is 0 Å². The standard InChI is InChI=1S/C7H10N2.2ClH/c1-9-7-4-2-6(8)3-5-7;;/h2-5,9H,8H2,1H3;2*1H. The maximum Gasteiger partial charge on any atom is 0.129 e. The van der Waals surface area contributed by atoms with E-state index in [0.717, 1.165) is 5.69 Å². The molecule has 0 unspecified atom stereocenters. The van der Waals surface area contributed by atoms with E-state index in [9.17, 15) is 0 Å². The van der Waals surface area contributed by atoms with Gasteiger partial charge < -0.3 is 35.9 Å². The lowest BCUT2D eigenvalue weighted by Gasteiger charge is -1.90. The summed E-state index contributed by atoms with van der Waals surface area (Å²) in [5.74, 6) is 0. The van der Waals surface area contributed by atoms with Crippen LogP contribution in [0.15, 0.2) is 24.3 Å². The summed E-state index contributed by atoms with van der Waals surface area (Å²) in [7, 11) is 2.03. The molecule has 1 aromatic carbocycles. The van der Waals surface area contributed by atoms with Gasteiger partial charge in [-0.15, -0.1) is 0 Å². The molecule has 0 saturated heterocycles. The molecule has 0 fully saturated rings. The highest BCUT2D eigenvalue weighted by Crippen LogP contribution is 2.02. The first kappa shape index (κ1) is 13.3. The van der Waals surface area contributed by atoms with Crippen molar-refractivity contribution in [3.63, 3.8) is 0 Å². The van der Waals surface area contributed by atoms with Gasteiger partial charge in [-0.1, -0.05) is 0 Å². The van der Waals surface area contributed by atoms with Crippen molar-refractivity contribution >= 4 is 11.4 Å². The average Bonchev–Trinajstić information content (AvgIpc) is 1.90. The Labute approximate surface area is 79.0 Å². The predicted octanol–water partition coefficient (Wildman–Crippen LogP) is -6.61. The molecule has 0 bridgehead atoms. The fourth-order valence-electron chi connectivity index (χ4n) is 0.710. The smallest absolute Gasteiger partial charge is 0.129 e. The SMILES string of the molecule is C[NH2+]c1ccc([NH3+])cc1.[Cl-].[Cl-]. The second-order valence-electron chi connectivity index (χ2n) is 2.03. The second kappa shape index (κ2) is 6.43. The zero-order valence-electron chi connectivity index (χ0n) is 6.35. The molecule has 0 aromatic heterocycles. The molecule has 1 rings (SSSR count). The van der Waals surface area contributed by atoms with Gasteiger partial charge in [0, 0.05) is 24.3 Å². The van der Waals surface area contributed by atoms with Gasteiger partial charge in [0.15, 0.2) is 0 Å². The molecule has 5 N–H and O–H groups in total. The minimum Gasteiger partial charge on any atom is -1.00 e. The van der Waals surface area contributed by atoms with Crippen molar-refractivity contribution in [3.8, 4) is 0 Å². The van der Waals surface area contributed by atoms with E-state index in [-0.39, 0.29) is 24.8 Å². The van der Waals surface area contributed by atoms with E-state index in [2.05, 4.69) is 23.2 Å². The Hall–Kier alpha value is -0.280. The van der Waals surface area contributed by atoms with Gasteiger partial charge in [0.1, 0.15) is 11.4 Å². The van der Waals surface area contributed by atoms with Crippen LogP contribution in [-0.2, 0) is 0 Å². The predicted molar refractivity (Wildman–Crippen MR) is 36.5 cm³/mol. The first-order chi connectivity index (χ1) is 4.33. The molecule has 0 aliphatic carbocycles. The van der Waals surface area contributed by atoms with Crippen LogP contribution in [0.25, 0.3) is 0 Å². The number of benzene rings is 1. The van der Waals surface area contributed by atoms with Crippen LogP contribution in [0.2, 0.25) is 0 Å². The third-order valence-corrected chi connectivity index (χ3v) is 1.31. The lowest BCUT2D eigenvalue weighted by molar-refractivity contribution is -0.539. The monoisotopic (exact) mass is 194 g/mol. The van der Waals surface area contributed by atoms with Crippen molar-refractivity contribution in [2.45, 2.75) is 0 Å². The van der Waals surface area contributed by atoms with E-state index in [0.29, 0.717) is 0 Å². The topological polar surface area (TPSA) is 44.2 Å². The van der Waals surface area contributed by atoms with Gasteiger partial charge in [-0.3, -0.25) is 0 Å². The molecular formula is C7H12Cl2N2. The average molecular weight is 195 g/mol. The normalized spacial score (nSPS) is 7.82. The molecule has 0 aliphatic heterocycles. The van der Waals surface area contributed by atoms with Crippen molar-refractivity contribution in [3.05, 3.63) is 24.3 Å². The van der Waals surface area contributed by atoms with Crippen molar-refractivity contribution in [1.82, 2.24) is 0 Å². The van der Waals surface area contributed by atoms with Crippen LogP contribution in [0.4, 0.5) is 11.4 Å². The van der Waals surface area contributed by atoms with Gasteiger partial charge in [-0.25, -0.2) is 0 Å². The quantitative estimate of drug-likeness (QED) is 0.418. The Morgan fingerprint density at radius 1 is 1.09 bits per heavy atom. The highest BCUT2D eigenvalue weighted by atomic mass is 35.5. The lowest BCUT2D eigenvalue weighted by Crippen LogP contribution is -3.00.